The Bertz CT molecular complexity index is 1210. The van der Waals surface area contributed by atoms with Gasteiger partial charge in [-0.1, -0.05) is 41.9 Å². The number of halogens is 4. The fourth-order valence-electron chi connectivity index (χ4n) is 3.46. The van der Waals surface area contributed by atoms with Crippen LogP contribution in [-0.2, 0) is 37.1 Å². The number of pyridine rings is 1. The Morgan fingerprint density at radius 1 is 1.32 bits per heavy atom. The number of alkyl halides is 3. The van der Waals surface area contributed by atoms with E-state index in [1.807, 2.05) is 0 Å². The van der Waals surface area contributed by atoms with Crippen LogP contribution in [0.5, 0.6) is 5.88 Å². The van der Waals surface area contributed by atoms with E-state index in [0.717, 1.165) is 0 Å². The average Bonchev–Trinajstić information content (AvgIpc) is 3.25. The van der Waals surface area contributed by atoms with Crippen molar-refractivity contribution >= 4 is 27.9 Å². The highest BCUT2D eigenvalue weighted by Crippen LogP contribution is 2.36. The van der Waals surface area contributed by atoms with E-state index in [0.29, 0.717) is 17.8 Å². The van der Waals surface area contributed by atoms with Crippen LogP contribution in [0.4, 0.5) is 18.0 Å². The molecule has 1 aliphatic rings. The minimum absolute atomic E-state index is 0.0731. The molecule has 0 aliphatic carbocycles. The van der Waals surface area contributed by atoms with Gasteiger partial charge in [-0.25, -0.2) is 9.78 Å². The van der Waals surface area contributed by atoms with Crippen molar-refractivity contribution in [3.63, 3.8) is 0 Å². The number of hydrogen-bond acceptors (Lipinski definition) is 8. The molecule has 0 saturated carbocycles. The lowest BCUT2D eigenvalue weighted by atomic mass is 10.1. The van der Waals surface area contributed by atoms with Crippen LogP contribution in [0.25, 0.3) is 0 Å². The summed E-state index contributed by atoms with van der Waals surface area (Å²) in [4.78, 5) is 15.4. The topological polar surface area (TPSA) is 137 Å². The van der Waals surface area contributed by atoms with Gasteiger partial charge < -0.3 is 24.1 Å². The molecular weight excluding hydrogens is 559 g/mol. The molecule has 2 atom stereocenters. The molecule has 2 heterocycles. The van der Waals surface area contributed by atoms with Crippen molar-refractivity contribution in [1.82, 2.24) is 14.0 Å². The summed E-state index contributed by atoms with van der Waals surface area (Å²) in [5.41, 5.74) is -0.702. The third kappa shape index (κ3) is 7.91. The zero-order chi connectivity index (χ0) is 28.0. The second kappa shape index (κ2) is 12.4. The summed E-state index contributed by atoms with van der Waals surface area (Å²) in [5, 5.41) is 9.05. The van der Waals surface area contributed by atoms with Gasteiger partial charge in [0.25, 0.3) is 0 Å². The van der Waals surface area contributed by atoms with Gasteiger partial charge in [0, 0.05) is 19.7 Å². The molecular formula is C22H25ClF3N3O8S. The van der Waals surface area contributed by atoms with E-state index in [1.165, 1.54) is 7.11 Å². The number of aromatic nitrogens is 1. The molecule has 11 nitrogen and oxygen atoms in total. The fraction of sp³-hybridized carbons (Fsp3) is 0.455. The largest absolute Gasteiger partial charge is 0.464 e. The third-order valence-electron chi connectivity index (χ3n) is 5.33. The lowest BCUT2D eigenvalue weighted by molar-refractivity contribution is -0.146. The summed E-state index contributed by atoms with van der Waals surface area (Å²) < 4.78 is 89.2. The van der Waals surface area contributed by atoms with Gasteiger partial charge in [0.15, 0.2) is 0 Å². The average molecular weight is 584 g/mol. The molecule has 0 radical (unpaired) electrons. The second-order valence-corrected chi connectivity index (χ2v) is 10.2. The quantitative estimate of drug-likeness (QED) is 0.361. The van der Waals surface area contributed by atoms with Crippen LogP contribution >= 0.6 is 11.6 Å². The number of nitrogens with one attached hydrogen (secondary N) is 1. The van der Waals surface area contributed by atoms with E-state index >= 15 is 0 Å². The number of carboxylic acid groups (broad SMARTS) is 1. The number of amides is 1. The monoisotopic (exact) mass is 583 g/mol. The highest BCUT2D eigenvalue weighted by molar-refractivity contribution is 7.87. The van der Waals surface area contributed by atoms with Crippen molar-refractivity contribution < 1.29 is 50.4 Å². The molecule has 1 fully saturated rings. The predicted molar refractivity (Wildman–Crippen MR) is 127 cm³/mol. The van der Waals surface area contributed by atoms with Gasteiger partial charge in [0.1, 0.15) is 5.02 Å². The van der Waals surface area contributed by atoms with E-state index in [1.54, 1.807) is 30.3 Å². The van der Waals surface area contributed by atoms with Crippen molar-refractivity contribution in [3.05, 3.63) is 58.7 Å². The molecule has 1 saturated heterocycles. The molecule has 38 heavy (non-hydrogen) atoms. The lowest BCUT2D eigenvalue weighted by Gasteiger charge is -2.30. The Kier molecular flexibility index (Phi) is 9.78. The zero-order valence-electron chi connectivity index (χ0n) is 20.0. The molecule has 3 rings (SSSR count). The van der Waals surface area contributed by atoms with Crippen LogP contribution in [0.1, 0.15) is 17.5 Å². The Labute approximate surface area is 221 Å². The van der Waals surface area contributed by atoms with Crippen LogP contribution in [0.3, 0.4) is 0 Å². The smallest absolute Gasteiger partial charge is 0.422 e. The summed E-state index contributed by atoms with van der Waals surface area (Å²) >= 11 is 5.97. The molecule has 2 N–H and O–H groups in total. The van der Waals surface area contributed by atoms with Crippen molar-refractivity contribution in [3.8, 4) is 5.88 Å². The summed E-state index contributed by atoms with van der Waals surface area (Å²) in [6.07, 6.45) is -6.64. The molecule has 1 amide bonds. The number of rotatable bonds is 12. The first kappa shape index (κ1) is 29.9. The molecule has 1 aromatic heterocycles. The highest BCUT2D eigenvalue weighted by Gasteiger charge is 2.46. The SMILES string of the molecule is COCCOC1COC(CNS(=O)(=O)N(Cc2ccccc2)C(=O)O)(Oc2ncc(C(F)(F)F)cc2Cl)C1. The number of methoxy groups -OCH3 is 1. The third-order valence-corrected chi connectivity index (χ3v) is 6.97. The number of benzene rings is 1. The molecule has 0 bridgehead atoms. The zero-order valence-corrected chi connectivity index (χ0v) is 21.6. The Morgan fingerprint density at radius 2 is 2.03 bits per heavy atom. The normalized spacial score (nSPS) is 19.9. The fourth-order valence-corrected chi connectivity index (χ4v) is 4.75. The molecule has 0 spiro atoms. The maximum Gasteiger partial charge on any atom is 0.422 e. The molecule has 2 aromatic rings. The minimum Gasteiger partial charge on any atom is -0.464 e. The number of ether oxygens (including phenoxy) is 4. The second-order valence-electron chi connectivity index (χ2n) is 8.12. The minimum atomic E-state index is -4.70. The van der Waals surface area contributed by atoms with E-state index in [2.05, 4.69) is 9.71 Å². The van der Waals surface area contributed by atoms with Crippen molar-refractivity contribution in [2.24, 2.45) is 0 Å². The van der Waals surface area contributed by atoms with Crippen LogP contribution < -0.4 is 9.46 Å². The van der Waals surface area contributed by atoms with Gasteiger partial charge in [-0.05, 0) is 11.6 Å². The first-order valence-corrected chi connectivity index (χ1v) is 12.9. The molecule has 210 valence electrons. The van der Waals surface area contributed by atoms with Gasteiger partial charge in [0.05, 0.1) is 44.6 Å². The number of nitrogens with zero attached hydrogens (tertiary/aromatic N) is 2. The van der Waals surface area contributed by atoms with Gasteiger partial charge in [-0.3, -0.25) is 0 Å². The first-order chi connectivity index (χ1) is 17.8. The maximum atomic E-state index is 13.0. The van der Waals surface area contributed by atoms with Crippen molar-refractivity contribution in [2.75, 3.05) is 33.5 Å². The summed E-state index contributed by atoms with van der Waals surface area (Å²) in [6, 6.07) is 8.64. The van der Waals surface area contributed by atoms with Crippen LogP contribution in [0.2, 0.25) is 5.02 Å². The summed E-state index contributed by atoms with van der Waals surface area (Å²) in [5.74, 6) is -2.28. The molecule has 1 aliphatic heterocycles. The van der Waals surface area contributed by atoms with Crippen LogP contribution in [0, 0.1) is 0 Å². The Morgan fingerprint density at radius 3 is 2.63 bits per heavy atom. The van der Waals surface area contributed by atoms with Gasteiger partial charge in [-0.15, -0.1) is 0 Å². The van der Waals surface area contributed by atoms with Crippen LogP contribution in [0.15, 0.2) is 42.6 Å². The van der Waals surface area contributed by atoms with E-state index in [9.17, 15) is 31.5 Å². The first-order valence-electron chi connectivity index (χ1n) is 11.1. The Hall–Kier alpha value is -2.69. The van der Waals surface area contributed by atoms with E-state index in [4.69, 9.17) is 30.5 Å². The van der Waals surface area contributed by atoms with E-state index < -0.39 is 63.9 Å². The predicted octanol–water partition coefficient (Wildman–Crippen LogP) is 3.30. The van der Waals surface area contributed by atoms with Crippen LogP contribution in [-0.4, -0.2) is 74.3 Å². The van der Waals surface area contributed by atoms with E-state index in [-0.39, 0.29) is 30.5 Å². The summed E-state index contributed by atoms with van der Waals surface area (Å²) in [6.45, 7) is -0.755. The number of hydrogen-bond donors (Lipinski definition) is 2. The summed E-state index contributed by atoms with van der Waals surface area (Å²) in [7, 11) is -3.18. The maximum absolute atomic E-state index is 13.0. The molecule has 1 aromatic carbocycles. The Balaban J connectivity index is 1.82. The molecule has 2 unspecified atom stereocenters. The number of carbonyl (C=O) groups is 1. The standard InChI is InChI=1S/C22H25ClF3N3O8S/c1-34-7-8-35-17-10-21(36-13-17,37-19-18(23)9-16(11-27-19)22(24,25)26)14-28-38(32,33)29(20(30)31)12-15-5-3-2-4-6-15/h2-6,9,11,17,28H,7-8,10,12-14H2,1H3,(H,30,31). The van der Waals surface area contributed by atoms with Gasteiger partial charge in [0.2, 0.25) is 11.7 Å². The highest BCUT2D eigenvalue weighted by atomic mass is 35.5. The molecule has 16 heteroatoms. The van der Waals surface area contributed by atoms with Crippen molar-refractivity contribution in [2.45, 2.75) is 31.0 Å². The lowest BCUT2D eigenvalue weighted by Crippen LogP contribution is -2.52. The van der Waals surface area contributed by atoms with Gasteiger partial charge >= 0.3 is 22.5 Å². The van der Waals surface area contributed by atoms with Crippen molar-refractivity contribution in [1.29, 1.82) is 0 Å². The van der Waals surface area contributed by atoms with Gasteiger partial charge in [-0.2, -0.15) is 30.6 Å².